The summed E-state index contributed by atoms with van der Waals surface area (Å²) in [6, 6.07) is 10.4. The molecule has 0 aromatic heterocycles. The molecule has 5 nitrogen and oxygen atoms in total. The third kappa shape index (κ3) is 5.22. The van der Waals surface area contributed by atoms with E-state index >= 15 is 0 Å². The summed E-state index contributed by atoms with van der Waals surface area (Å²) in [6.45, 7) is 3.28. The highest BCUT2D eigenvalue weighted by atomic mass is 16.5. The molecule has 3 atom stereocenters. The molecule has 0 radical (unpaired) electrons. The summed E-state index contributed by atoms with van der Waals surface area (Å²) in [5, 5.41) is 5.78. The Morgan fingerprint density at radius 1 is 1.26 bits per heavy atom. The minimum Gasteiger partial charge on any atom is -0.377 e. The lowest BCUT2D eigenvalue weighted by molar-refractivity contribution is 0.0188. The Morgan fingerprint density at radius 3 is 2.91 bits per heavy atom. The second kappa shape index (κ2) is 8.31. The molecule has 1 aromatic carbocycles. The van der Waals surface area contributed by atoms with Gasteiger partial charge in [-0.05, 0) is 36.7 Å². The Balaban J connectivity index is 1.21. The first-order valence-electron chi connectivity index (χ1n) is 8.59. The molecule has 0 spiro atoms. The molecular formula is C18H26N2O3. The number of carbonyl (C=O) groups is 1. The van der Waals surface area contributed by atoms with E-state index < -0.39 is 0 Å². The Kier molecular flexibility index (Phi) is 5.88. The number of benzene rings is 1. The lowest BCUT2D eigenvalue weighted by Crippen LogP contribution is -2.38. The maximum atomic E-state index is 11.7. The highest BCUT2D eigenvalue weighted by Gasteiger charge is 2.37. The molecule has 1 aliphatic carbocycles. The van der Waals surface area contributed by atoms with Crippen molar-refractivity contribution >= 4 is 6.03 Å². The normalized spacial score (nSPS) is 26.0. The number of hydrogen-bond acceptors (Lipinski definition) is 3. The highest BCUT2D eigenvalue weighted by Crippen LogP contribution is 2.46. The zero-order chi connectivity index (χ0) is 15.9. The SMILES string of the molecule is O=C(NCCOCC1CCCO1)NCC1CC1c1ccccc1. The molecule has 2 amide bonds. The third-order valence-electron chi connectivity index (χ3n) is 4.53. The van der Waals surface area contributed by atoms with Gasteiger partial charge in [0, 0.05) is 19.7 Å². The average Bonchev–Trinajstić information content (AvgIpc) is 3.18. The fourth-order valence-corrected chi connectivity index (χ4v) is 3.10. The van der Waals surface area contributed by atoms with E-state index in [1.807, 2.05) is 6.07 Å². The standard InChI is InChI=1S/C18H26N2O3/c21-18(19-8-10-22-13-16-7-4-9-23-16)20-12-15-11-17(15)14-5-2-1-3-6-14/h1-3,5-6,15-17H,4,7-13H2,(H2,19,20,21). The van der Waals surface area contributed by atoms with Crippen LogP contribution in [0, 0.1) is 5.92 Å². The van der Waals surface area contributed by atoms with Crippen LogP contribution in [0.25, 0.3) is 0 Å². The van der Waals surface area contributed by atoms with Crippen LogP contribution in [-0.2, 0) is 9.47 Å². The maximum Gasteiger partial charge on any atom is 0.314 e. The smallest absolute Gasteiger partial charge is 0.314 e. The molecule has 1 aromatic rings. The second-order valence-corrected chi connectivity index (χ2v) is 6.36. The van der Waals surface area contributed by atoms with Gasteiger partial charge in [-0.25, -0.2) is 4.79 Å². The molecule has 3 unspecified atom stereocenters. The van der Waals surface area contributed by atoms with E-state index in [-0.39, 0.29) is 12.1 Å². The van der Waals surface area contributed by atoms with Crippen molar-refractivity contribution in [2.75, 3.05) is 32.9 Å². The van der Waals surface area contributed by atoms with Gasteiger partial charge in [0.2, 0.25) is 0 Å². The first-order chi connectivity index (χ1) is 11.3. The number of carbonyl (C=O) groups excluding carboxylic acids is 1. The molecule has 2 N–H and O–H groups in total. The van der Waals surface area contributed by atoms with E-state index in [1.54, 1.807) is 0 Å². The number of nitrogens with one attached hydrogen (secondary N) is 2. The van der Waals surface area contributed by atoms with Crippen LogP contribution in [0.15, 0.2) is 30.3 Å². The maximum absolute atomic E-state index is 11.7. The van der Waals surface area contributed by atoms with Gasteiger partial charge < -0.3 is 20.1 Å². The van der Waals surface area contributed by atoms with E-state index in [0.29, 0.717) is 31.6 Å². The van der Waals surface area contributed by atoms with Crippen LogP contribution in [0.1, 0.15) is 30.7 Å². The molecule has 3 rings (SSSR count). The van der Waals surface area contributed by atoms with Crippen LogP contribution < -0.4 is 10.6 Å². The van der Waals surface area contributed by atoms with Crippen molar-refractivity contribution < 1.29 is 14.3 Å². The van der Waals surface area contributed by atoms with E-state index in [0.717, 1.165) is 32.4 Å². The van der Waals surface area contributed by atoms with Crippen molar-refractivity contribution in [3.8, 4) is 0 Å². The van der Waals surface area contributed by atoms with Crippen LogP contribution in [0.5, 0.6) is 0 Å². The average molecular weight is 318 g/mol. The van der Waals surface area contributed by atoms with Crippen LogP contribution in [0.2, 0.25) is 0 Å². The molecule has 1 heterocycles. The van der Waals surface area contributed by atoms with Gasteiger partial charge >= 0.3 is 6.03 Å². The summed E-state index contributed by atoms with van der Waals surface area (Å²) >= 11 is 0. The third-order valence-corrected chi connectivity index (χ3v) is 4.53. The molecule has 2 aliphatic rings. The van der Waals surface area contributed by atoms with Crippen molar-refractivity contribution in [1.29, 1.82) is 0 Å². The topological polar surface area (TPSA) is 59.6 Å². The van der Waals surface area contributed by atoms with Crippen molar-refractivity contribution in [2.45, 2.75) is 31.3 Å². The summed E-state index contributed by atoms with van der Waals surface area (Å²) in [5.41, 5.74) is 1.38. The quantitative estimate of drug-likeness (QED) is 0.723. The molecule has 2 fully saturated rings. The monoisotopic (exact) mass is 318 g/mol. The zero-order valence-electron chi connectivity index (χ0n) is 13.5. The van der Waals surface area contributed by atoms with E-state index in [9.17, 15) is 4.79 Å². The molecule has 23 heavy (non-hydrogen) atoms. The van der Waals surface area contributed by atoms with Crippen LogP contribution in [0.3, 0.4) is 0 Å². The van der Waals surface area contributed by atoms with E-state index in [4.69, 9.17) is 9.47 Å². The van der Waals surface area contributed by atoms with Gasteiger partial charge in [0.1, 0.15) is 0 Å². The van der Waals surface area contributed by atoms with Gasteiger partial charge in [0.05, 0.1) is 19.3 Å². The Morgan fingerprint density at radius 2 is 2.13 bits per heavy atom. The summed E-state index contributed by atoms with van der Waals surface area (Å²) in [4.78, 5) is 11.7. The predicted molar refractivity (Wildman–Crippen MR) is 88.5 cm³/mol. The van der Waals surface area contributed by atoms with Gasteiger partial charge in [-0.2, -0.15) is 0 Å². The fraction of sp³-hybridized carbons (Fsp3) is 0.611. The van der Waals surface area contributed by atoms with Crippen LogP contribution >= 0.6 is 0 Å². The summed E-state index contributed by atoms with van der Waals surface area (Å²) in [7, 11) is 0. The lowest BCUT2D eigenvalue weighted by Gasteiger charge is -2.11. The highest BCUT2D eigenvalue weighted by molar-refractivity contribution is 5.73. The van der Waals surface area contributed by atoms with Crippen molar-refractivity contribution in [3.05, 3.63) is 35.9 Å². The number of hydrogen-bond donors (Lipinski definition) is 2. The van der Waals surface area contributed by atoms with Crippen LogP contribution in [0.4, 0.5) is 4.79 Å². The molecule has 1 saturated carbocycles. The molecule has 5 heteroatoms. The minimum atomic E-state index is -0.107. The first kappa shape index (κ1) is 16.3. The van der Waals surface area contributed by atoms with E-state index in [2.05, 4.69) is 34.9 Å². The molecule has 1 saturated heterocycles. The largest absolute Gasteiger partial charge is 0.377 e. The number of urea groups is 1. The lowest BCUT2D eigenvalue weighted by atomic mass is 10.1. The summed E-state index contributed by atoms with van der Waals surface area (Å²) in [6.07, 6.45) is 3.61. The van der Waals surface area contributed by atoms with Crippen molar-refractivity contribution in [3.63, 3.8) is 0 Å². The Bertz CT molecular complexity index is 488. The van der Waals surface area contributed by atoms with Gasteiger partial charge in [-0.3, -0.25) is 0 Å². The van der Waals surface area contributed by atoms with Crippen molar-refractivity contribution in [1.82, 2.24) is 10.6 Å². The summed E-state index contributed by atoms with van der Waals surface area (Å²) in [5.74, 6) is 1.17. The second-order valence-electron chi connectivity index (χ2n) is 6.36. The molecular weight excluding hydrogens is 292 g/mol. The fourth-order valence-electron chi connectivity index (χ4n) is 3.10. The van der Waals surface area contributed by atoms with Crippen molar-refractivity contribution in [2.24, 2.45) is 5.92 Å². The Hall–Kier alpha value is -1.59. The first-order valence-corrected chi connectivity index (χ1v) is 8.59. The molecule has 1 aliphatic heterocycles. The Labute approximate surface area is 137 Å². The number of ether oxygens (including phenoxy) is 2. The number of rotatable bonds is 8. The van der Waals surface area contributed by atoms with Gasteiger partial charge in [0.25, 0.3) is 0 Å². The predicted octanol–water partition coefficient (Wildman–Crippen LogP) is 2.28. The van der Waals surface area contributed by atoms with E-state index in [1.165, 1.54) is 5.56 Å². The molecule has 0 bridgehead atoms. The van der Waals surface area contributed by atoms with Crippen LogP contribution in [-0.4, -0.2) is 45.0 Å². The zero-order valence-corrected chi connectivity index (χ0v) is 13.5. The van der Waals surface area contributed by atoms with Gasteiger partial charge in [-0.15, -0.1) is 0 Å². The van der Waals surface area contributed by atoms with Gasteiger partial charge in [0.15, 0.2) is 0 Å². The minimum absolute atomic E-state index is 0.107. The summed E-state index contributed by atoms with van der Waals surface area (Å²) < 4.78 is 11.0. The molecule has 126 valence electrons. The number of amides is 2. The van der Waals surface area contributed by atoms with Gasteiger partial charge in [-0.1, -0.05) is 30.3 Å².